The summed E-state index contributed by atoms with van der Waals surface area (Å²) in [6.07, 6.45) is 0. The van der Waals surface area contributed by atoms with E-state index in [-0.39, 0.29) is 10.1 Å². The van der Waals surface area contributed by atoms with Crippen LogP contribution >= 0.6 is 11.3 Å². The summed E-state index contributed by atoms with van der Waals surface area (Å²) in [7, 11) is -3.51. The number of benzene rings is 3. The SMILES string of the molecule is N#Cc1ccccc1-c1ccc(CS(=O)(=O)c2nc3ccccc3s2)cc1. The van der Waals surface area contributed by atoms with E-state index >= 15 is 0 Å². The normalized spacial score (nSPS) is 11.4. The van der Waals surface area contributed by atoms with Crippen LogP contribution in [0.3, 0.4) is 0 Å². The Morgan fingerprint density at radius 1 is 0.926 bits per heavy atom. The average Bonchev–Trinajstić information content (AvgIpc) is 3.14. The molecule has 0 atom stereocenters. The van der Waals surface area contributed by atoms with Crippen molar-refractivity contribution in [2.75, 3.05) is 0 Å². The lowest BCUT2D eigenvalue weighted by molar-refractivity contribution is 0.594. The van der Waals surface area contributed by atoms with Crippen molar-refractivity contribution in [3.63, 3.8) is 0 Å². The maximum Gasteiger partial charge on any atom is 0.210 e. The molecule has 4 rings (SSSR count). The Morgan fingerprint density at radius 2 is 1.63 bits per heavy atom. The number of sulfone groups is 1. The Balaban J connectivity index is 1.62. The van der Waals surface area contributed by atoms with Gasteiger partial charge < -0.3 is 0 Å². The first-order valence-corrected chi connectivity index (χ1v) is 10.7. The highest BCUT2D eigenvalue weighted by atomic mass is 32.2. The Hall–Kier alpha value is -3.01. The minimum atomic E-state index is -3.51. The largest absolute Gasteiger partial charge is 0.225 e. The first-order chi connectivity index (χ1) is 13.1. The maximum atomic E-state index is 12.7. The van der Waals surface area contributed by atoms with E-state index in [1.807, 2.05) is 54.6 Å². The molecule has 1 heterocycles. The van der Waals surface area contributed by atoms with Crippen LogP contribution in [-0.2, 0) is 15.6 Å². The second kappa shape index (κ2) is 6.95. The molecule has 0 radical (unpaired) electrons. The summed E-state index contributed by atoms with van der Waals surface area (Å²) in [6, 6.07) is 24.2. The van der Waals surface area contributed by atoms with Crippen LogP contribution in [0.25, 0.3) is 21.3 Å². The van der Waals surface area contributed by atoms with Crippen LogP contribution in [0, 0.1) is 11.3 Å². The summed E-state index contributed by atoms with van der Waals surface area (Å²) in [5, 5.41) is 9.24. The molecule has 0 N–H and O–H groups in total. The highest BCUT2D eigenvalue weighted by Gasteiger charge is 2.20. The Labute approximate surface area is 161 Å². The molecule has 0 spiro atoms. The molecule has 0 aliphatic heterocycles. The molecule has 3 aromatic carbocycles. The van der Waals surface area contributed by atoms with Gasteiger partial charge in [0.25, 0.3) is 0 Å². The van der Waals surface area contributed by atoms with E-state index in [0.29, 0.717) is 16.6 Å². The number of nitriles is 1. The molecule has 0 saturated heterocycles. The van der Waals surface area contributed by atoms with Gasteiger partial charge in [-0.05, 0) is 34.9 Å². The van der Waals surface area contributed by atoms with Crippen molar-refractivity contribution in [2.24, 2.45) is 0 Å². The molecule has 1 aromatic heterocycles. The zero-order valence-electron chi connectivity index (χ0n) is 14.2. The fraction of sp³-hybridized carbons (Fsp3) is 0.0476. The van der Waals surface area contributed by atoms with Gasteiger partial charge in [-0.15, -0.1) is 11.3 Å². The van der Waals surface area contributed by atoms with Crippen molar-refractivity contribution in [1.82, 2.24) is 4.98 Å². The van der Waals surface area contributed by atoms with Crippen LogP contribution in [0.5, 0.6) is 0 Å². The van der Waals surface area contributed by atoms with Gasteiger partial charge in [-0.2, -0.15) is 5.26 Å². The summed E-state index contributed by atoms with van der Waals surface area (Å²) in [6.45, 7) is 0. The fourth-order valence-corrected chi connectivity index (χ4v) is 5.52. The van der Waals surface area contributed by atoms with Gasteiger partial charge >= 0.3 is 0 Å². The molecule has 0 unspecified atom stereocenters. The zero-order valence-corrected chi connectivity index (χ0v) is 15.8. The Bertz CT molecular complexity index is 1230. The molecular weight excluding hydrogens is 376 g/mol. The van der Waals surface area contributed by atoms with E-state index in [1.165, 1.54) is 11.3 Å². The second-order valence-corrected chi connectivity index (χ2v) is 9.25. The van der Waals surface area contributed by atoms with Crippen molar-refractivity contribution in [3.8, 4) is 17.2 Å². The van der Waals surface area contributed by atoms with Crippen LogP contribution in [0.15, 0.2) is 77.1 Å². The highest BCUT2D eigenvalue weighted by molar-refractivity contribution is 7.92. The molecule has 132 valence electrons. The topological polar surface area (TPSA) is 70.8 Å². The number of rotatable bonds is 4. The quantitative estimate of drug-likeness (QED) is 0.501. The molecule has 4 aromatic rings. The molecule has 0 aliphatic carbocycles. The summed E-state index contributed by atoms with van der Waals surface area (Å²) >= 11 is 1.19. The predicted molar refractivity (Wildman–Crippen MR) is 107 cm³/mol. The average molecular weight is 390 g/mol. The minimum absolute atomic E-state index is 0.104. The third-order valence-electron chi connectivity index (χ3n) is 4.21. The number of thiazole rings is 1. The smallest absolute Gasteiger partial charge is 0.210 e. The number of hydrogen-bond donors (Lipinski definition) is 0. The Kier molecular flexibility index (Phi) is 4.48. The van der Waals surface area contributed by atoms with Crippen molar-refractivity contribution in [1.29, 1.82) is 5.26 Å². The van der Waals surface area contributed by atoms with Crippen molar-refractivity contribution < 1.29 is 8.42 Å². The molecule has 0 fully saturated rings. The molecule has 0 bridgehead atoms. The number of para-hydroxylation sites is 1. The molecule has 6 heteroatoms. The van der Waals surface area contributed by atoms with E-state index in [4.69, 9.17) is 0 Å². The maximum absolute atomic E-state index is 12.7. The monoisotopic (exact) mass is 390 g/mol. The summed E-state index contributed by atoms with van der Waals surface area (Å²) in [5.74, 6) is -0.104. The van der Waals surface area contributed by atoms with Gasteiger partial charge in [0.15, 0.2) is 0 Å². The molecular formula is C21H14N2O2S2. The lowest BCUT2D eigenvalue weighted by Gasteiger charge is -2.06. The molecule has 0 amide bonds. The van der Waals surface area contributed by atoms with Gasteiger partial charge in [0.05, 0.1) is 27.6 Å². The zero-order chi connectivity index (χ0) is 18.9. The second-order valence-electron chi connectivity index (χ2n) is 6.06. The first-order valence-electron chi connectivity index (χ1n) is 8.23. The van der Waals surface area contributed by atoms with E-state index in [9.17, 15) is 13.7 Å². The van der Waals surface area contributed by atoms with Gasteiger partial charge in [-0.1, -0.05) is 54.6 Å². The summed E-state index contributed by atoms with van der Waals surface area (Å²) in [4.78, 5) is 4.26. The molecule has 0 aliphatic rings. The van der Waals surface area contributed by atoms with E-state index in [0.717, 1.165) is 15.8 Å². The minimum Gasteiger partial charge on any atom is -0.225 e. The van der Waals surface area contributed by atoms with Crippen molar-refractivity contribution in [2.45, 2.75) is 10.1 Å². The summed E-state index contributed by atoms with van der Waals surface area (Å²) in [5.41, 5.74) is 3.69. The standard InChI is InChI=1S/C21H14N2O2S2/c22-13-17-5-1-2-6-18(17)16-11-9-15(10-12-16)14-27(24,25)21-23-19-7-3-4-8-20(19)26-21/h1-12H,14H2. The first kappa shape index (κ1) is 17.4. The van der Waals surface area contributed by atoms with Crippen LogP contribution < -0.4 is 0 Å². The lowest BCUT2D eigenvalue weighted by Crippen LogP contribution is -2.04. The van der Waals surface area contributed by atoms with Gasteiger partial charge in [0.2, 0.25) is 14.2 Å². The van der Waals surface area contributed by atoms with Crippen LogP contribution in [-0.4, -0.2) is 13.4 Å². The van der Waals surface area contributed by atoms with Gasteiger partial charge in [0, 0.05) is 0 Å². The number of aromatic nitrogens is 1. The summed E-state index contributed by atoms with van der Waals surface area (Å²) < 4.78 is 26.5. The lowest BCUT2D eigenvalue weighted by atomic mass is 10.00. The van der Waals surface area contributed by atoms with Crippen molar-refractivity contribution >= 4 is 31.4 Å². The molecule has 0 saturated carbocycles. The van der Waals surface area contributed by atoms with Crippen LogP contribution in [0.1, 0.15) is 11.1 Å². The molecule has 4 nitrogen and oxygen atoms in total. The van der Waals surface area contributed by atoms with Gasteiger partial charge in [0.1, 0.15) is 0 Å². The van der Waals surface area contributed by atoms with E-state index in [1.54, 1.807) is 18.2 Å². The van der Waals surface area contributed by atoms with Gasteiger partial charge in [-0.25, -0.2) is 13.4 Å². The number of nitrogens with zero attached hydrogens (tertiary/aromatic N) is 2. The van der Waals surface area contributed by atoms with E-state index in [2.05, 4.69) is 11.1 Å². The van der Waals surface area contributed by atoms with Crippen molar-refractivity contribution in [3.05, 3.63) is 83.9 Å². The third-order valence-corrected chi connectivity index (χ3v) is 7.39. The number of hydrogen-bond acceptors (Lipinski definition) is 5. The van der Waals surface area contributed by atoms with Crippen LogP contribution in [0.4, 0.5) is 0 Å². The molecule has 27 heavy (non-hydrogen) atoms. The predicted octanol–water partition coefficient (Wildman–Crippen LogP) is 4.81. The fourth-order valence-electron chi connectivity index (χ4n) is 2.88. The van der Waals surface area contributed by atoms with Crippen LogP contribution in [0.2, 0.25) is 0 Å². The van der Waals surface area contributed by atoms with Gasteiger partial charge in [-0.3, -0.25) is 0 Å². The van der Waals surface area contributed by atoms with E-state index < -0.39 is 9.84 Å². The number of fused-ring (bicyclic) bond motifs is 1. The Morgan fingerprint density at radius 3 is 2.37 bits per heavy atom. The third kappa shape index (κ3) is 3.47. The highest BCUT2D eigenvalue weighted by Crippen LogP contribution is 2.28.